The van der Waals surface area contributed by atoms with Gasteiger partial charge in [-0.15, -0.1) is 11.3 Å². The summed E-state index contributed by atoms with van der Waals surface area (Å²) in [6.45, 7) is 2.05. The number of nitrogens with one attached hydrogen (secondary N) is 1. The number of nitrogens with zero attached hydrogens (tertiary/aromatic N) is 3. The van der Waals surface area contributed by atoms with Crippen LogP contribution in [0.3, 0.4) is 0 Å². The molecule has 0 saturated carbocycles. The number of aromatic nitrogens is 2. The number of aryl methyl sites for hydroxylation is 1. The fourth-order valence-electron chi connectivity index (χ4n) is 2.90. The molecule has 4 aromatic rings. The number of benzene rings is 2. The van der Waals surface area contributed by atoms with Crippen LogP contribution in [0.2, 0.25) is 0 Å². The molecule has 0 spiro atoms. The van der Waals surface area contributed by atoms with Crippen molar-refractivity contribution in [3.8, 4) is 11.8 Å². The molecule has 0 unspecified atom stereocenters. The van der Waals surface area contributed by atoms with E-state index in [9.17, 15) is 4.79 Å². The number of para-hydroxylation sites is 2. The minimum atomic E-state index is -0.160. The van der Waals surface area contributed by atoms with Gasteiger partial charge in [0, 0.05) is 5.69 Å². The number of anilines is 1. The molecule has 1 amide bonds. The topological polar surface area (TPSA) is 70.7 Å². The molecule has 0 atom stereocenters. The first-order chi connectivity index (χ1) is 13.7. The van der Waals surface area contributed by atoms with Gasteiger partial charge in [-0.1, -0.05) is 36.0 Å². The number of rotatable bonds is 5. The molecule has 2 heterocycles. The summed E-state index contributed by atoms with van der Waals surface area (Å²) >= 11 is 2.72. The average molecular weight is 405 g/mol. The molecule has 2 aromatic carbocycles. The van der Waals surface area contributed by atoms with Crippen molar-refractivity contribution in [2.45, 2.75) is 12.1 Å². The second kappa shape index (κ2) is 7.89. The number of amides is 1. The second-order valence-electron chi connectivity index (χ2n) is 6.17. The molecular formula is C21H16N4OS2. The van der Waals surface area contributed by atoms with Gasteiger partial charge in [0.05, 0.1) is 22.3 Å². The molecule has 2 aromatic heterocycles. The van der Waals surface area contributed by atoms with E-state index in [-0.39, 0.29) is 11.7 Å². The van der Waals surface area contributed by atoms with E-state index in [4.69, 9.17) is 10.2 Å². The maximum atomic E-state index is 12.4. The summed E-state index contributed by atoms with van der Waals surface area (Å²) in [4.78, 5) is 17.1. The Labute approximate surface area is 170 Å². The van der Waals surface area contributed by atoms with Gasteiger partial charge in [-0.2, -0.15) is 5.26 Å². The number of thiophene rings is 1. The molecule has 0 saturated heterocycles. The van der Waals surface area contributed by atoms with Crippen LogP contribution in [0, 0.1) is 18.3 Å². The minimum absolute atomic E-state index is 0.160. The third-order valence-electron chi connectivity index (χ3n) is 4.16. The Bertz CT molecular complexity index is 1200. The number of hydrogen-bond acceptors (Lipinski definition) is 5. The van der Waals surface area contributed by atoms with E-state index in [0.717, 1.165) is 27.4 Å². The Morgan fingerprint density at radius 1 is 1.25 bits per heavy atom. The monoisotopic (exact) mass is 404 g/mol. The van der Waals surface area contributed by atoms with E-state index in [1.165, 1.54) is 23.1 Å². The Morgan fingerprint density at radius 3 is 2.93 bits per heavy atom. The van der Waals surface area contributed by atoms with E-state index in [1.807, 2.05) is 36.4 Å². The summed E-state index contributed by atoms with van der Waals surface area (Å²) in [5, 5.41) is 15.0. The molecule has 0 aliphatic carbocycles. The van der Waals surface area contributed by atoms with E-state index in [2.05, 4.69) is 35.0 Å². The maximum Gasteiger partial charge on any atom is 0.235 e. The Hall–Kier alpha value is -3.08. The van der Waals surface area contributed by atoms with Gasteiger partial charge in [-0.3, -0.25) is 9.36 Å². The van der Waals surface area contributed by atoms with Crippen LogP contribution in [0.25, 0.3) is 16.7 Å². The van der Waals surface area contributed by atoms with Crippen molar-refractivity contribution in [2.24, 2.45) is 0 Å². The Balaban J connectivity index is 1.61. The number of thioether (sulfide) groups is 1. The van der Waals surface area contributed by atoms with E-state index in [0.29, 0.717) is 10.6 Å². The van der Waals surface area contributed by atoms with Gasteiger partial charge in [0.2, 0.25) is 5.91 Å². The SMILES string of the molecule is Cc1cccc(-n2c(SCC(=O)Nc3sccc3C#N)nc3ccccc32)c1. The number of imidazole rings is 1. The van der Waals surface area contributed by atoms with Crippen molar-refractivity contribution in [3.05, 3.63) is 71.1 Å². The average Bonchev–Trinajstić information content (AvgIpc) is 3.29. The summed E-state index contributed by atoms with van der Waals surface area (Å²) in [7, 11) is 0. The van der Waals surface area contributed by atoms with Crippen molar-refractivity contribution < 1.29 is 4.79 Å². The first kappa shape index (κ1) is 18.3. The van der Waals surface area contributed by atoms with Crippen molar-refractivity contribution in [3.63, 3.8) is 0 Å². The van der Waals surface area contributed by atoms with E-state index >= 15 is 0 Å². The molecular weight excluding hydrogens is 388 g/mol. The number of carbonyl (C=O) groups excluding carboxylic acids is 1. The summed E-state index contributed by atoms with van der Waals surface area (Å²) in [6.07, 6.45) is 0. The number of nitriles is 1. The summed E-state index contributed by atoms with van der Waals surface area (Å²) in [5.74, 6) is 0.0459. The summed E-state index contributed by atoms with van der Waals surface area (Å²) < 4.78 is 2.08. The lowest BCUT2D eigenvalue weighted by atomic mass is 10.2. The van der Waals surface area contributed by atoms with Crippen molar-refractivity contribution in [1.29, 1.82) is 5.26 Å². The van der Waals surface area contributed by atoms with Gasteiger partial charge in [-0.05, 0) is 48.2 Å². The highest BCUT2D eigenvalue weighted by molar-refractivity contribution is 7.99. The van der Waals surface area contributed by atoms with Gasteiger partial charge < -0.3 is 5.32 Å². The van der Waals surface area contributed by atoms with Crippen LogP contribution < -0.4 is 5.32 Å². The van der Waals surface area contributed by atoms with Crippen LogP contribution in [-0.4, -0.2) is 21.2 Å². The molecule has 28 heavy (non-hydrogen) atoms. The molecule has 138 valence electrons. The largest absolute Gasteiger partial charge is 0.316 e. The van der Waals surface area contributed by atoms with Crippen LogP contribution in [0.1, 0.15) is 11.1 Å². The Morgan fingerprint density at radius 2 is 2.11 bits per heavy atom. The highest BCUT2D eigenvalue weighted by atomic mass is 32.2. The smallest absolute Gasteiger partial charge is 0.235 e. The first-order valence-corrected chi connectivity index (χ1v) is 10.5. The van der Waals surface area contributed by atoms with E-state index in [1.54, 1.807) is 11.4 Å². The lowest BCUT2D eigenvalue weighted by Crippen LogP contribution is -2.14. The maximum absolute atomic E-state index is 12.4. The van der Waals surface area contributed by atoms with Crippen molar-refractivity contribution in [2.75, 3.05) is 11.1 Å². The van der Waals surface area contributed by atoms with Gasteiger partial charge >= 0.3 is 0 Å². The molecule has 0 fully saturated rings. The third-order valence-corrected chi connectivity index (χ3v) is 5.93. The van der Waals surface area contributed by atoms with Gasteiger partial charge in [0.15, 0.2) is 5.16 Å². The zero-order valence-electron chi connectivity index (χ0n) is 15.0. The molecule has 0 bridgehead atoms. The van der Waals surface area contributed by atoms with Crippen LogP contribution in [0.5, 0.6) is 0 Å². The molecule has 0 aliphatic heterocycles. The molecule has 7 heteroatoms. The van der Waals surface area contributed by atoms with Gasteiger partial charge in [-0.25, -0.2) is 4.98 Å². The number of carbonyl (C=O) groups is 1. The van der Waals surface area contributed by atoms with Crippen molar-refractivity contribution >= 4 is 45.0 Å². The van der Waals surface area contributed by atoms with Gasteiger partial charge in [0.25, 0.3) is 0 Å². The molecule has 1 N–H and O–H groups in total. The lowest BCUT2D eigenvalue weighted by molar-refractivity contribution is -0.113. The van der Waals surface area contributed by atoms with Crippen LogP contribution >= 0.6 is 23.1 Å². The molecule has 5 nitrogen and oxygen atoms in total. The normalized spacial score (nSPS) is 10.7. The second-order valence-corrected chi connectivity index (χ2v) is 8.03. The van der Waals surface area contributed by atoms with E-state index < -0.39 is 0 Å². The molecule has 0 aliphatic rings. The zero-order valence-corrected chi connectivity index (χ0v) is 16.7. The minimum Gasteiger partial charge on any atom is -0.316 e. The Kier molecular flexibility index (Phi) is 5.15. The predicted octanol–water partition coefficient (Wildman–Crippen LogP) is 5.00. The zero-order chi connectivity index (χ0) is 19.5. The number of hydrogen-bond donors (Lipinski definition) is 1. The highest BCUT2D eigenvalue weighted by Crippen LogP contribution is 2.29. The molecule has 4 rings (SSSR count). The third kappa shape index (κ3) is 3.65. The quantitative estimate of drug-likeness (QED) is 0.475. The fraction of sp³-hybridized carbons (Fsp3) is 0.0952. The first-order valence-electron chi connectivity index (χ1n) is 8.60. The van der Waals surface area contributed by atoms with Crippen molar-refractivity contribution in [1.82, 2.24) is 9.55 Å². The van der Waals surface area contributed by atoms with Gasteiger partial charge in [0.1, 0.15) is 11.1 Å². The van der Waals surface area contributed by atoms with Crippen LogP contribution in [0.4, 0.5) is 5.00 Å². The van der Waals surface area contributed by atoms with Crippen LogP contribution in [0.15, 0.2) is 65.1 Å². The highest BCUT2D eigenvalue weighted by Gasteiger charge is 2.15. The standard InChI is InChI=1S/C21H16N4OS2/c1-14-5-4-6-16(11-14)25-18-8-3-2-7-17(18)23-21(25)28-13-19(26)24-20-15(12-22)9-10-27-20/h2-11H,13H2,1H3,(H,24,26). The lowest BCUT2D eigenvalue weighted by Gasteiger charge is -2.10. The fourth-order valence-corrected chi connectivity index (χ4v) is 4.49. The summed E-state index contributed by atoms with van der Waals surface area (Å²) in [6, 6.07) is 19.9. The molecule has 0 radical (unpaired) electrons. The number of fused-ring (bicyclic) bond motifs is 1. The predicted molar refractivity (Wildman–Crippen MR) is 114 cm³/mol. The van der Waals surface area contributed by atoms with Crippen LogP contribution in [-0.2, 0) is 4.79 Å². The summed E-state index contributed by atoms with van der Waals surface area (Å²) in [5.41, 5.74) is 4.54.